The topological polar surface area (TPSA) is 81.6 Å². The van der Waals surface area contributed by atoms with Gasteiger partial charge in [-0.1, -0.05) is 6.92 Å². The molecule has 1 saturated heterocycles. The second-order valence-corrected chi connectivity index (χ2v) is 5.44. The number of halogens is 1. The lowest BCUT2D eigenvalue weighted by Gasteiger charge is -2.37. The van der Waals surface area contributed by atoms with Gasteiger partial charge >= 0.3 is 0 Å². The molecule has 0 bridgehead atoms. The van der Waals surface area contributed by atoms with Crippen LogP contribution in [-0.4, -0.2) is 31.7 Å². The lowest BCUT2D eigenvalue weighted by molar-refractivity contribution is -0.384. The molecule has 1 aromatic carbocycles. The minimum atomic E-state index is -0.728. The number of hydrogen-bond acceptors (Lipinski definition) is 5. The molecule has 1 heterocycles. The van der Waals surface area contributed by atoms with Crippen LogP contribution < -0.4 is 15.4 Å². The van der Waals surface area contributed by atoms with Crippen LogP contribution >= 0.6 is 0 Å². The highest BCUT2D eigenvalue weighted by atomic mass is 19.1. The van der Waals surface area contributed by atoms with Gasteiger partial charge in [0.05, 0.1) is 18.1 Å². The number of rotatable bonds is 4. The SMILES string of the molecule is COc1cc(N2CCC(C)C(CN)C2)c([N+](=O)[O-])cc1F. The van der Waals surface area contributed by atoms with Gasteiger partial charge in [-0.15, -0.1) is 0 Å². The van der Waals surface area contributed by atoms with Crippen LogP contribution in [0.1, 0.15) is 13.3 Å². The third kappa shape index (κ3) is 3.07. The molecule has 116 valence electrons. The summed E-state index contributed by atoms with van der Waals surface area (Å²) in [5.74, 6) is 0.0364. The number of nitro groups is 1. The van der Waals surface area contributed by atoms with Crippen LogP contribution in [0.2, 0.25) is 0 Å². The third-order valence-corrected chi connectivity index (χ3v) is 4.20. The van der Waals surface area contributed by atoms with Gasteiger partial charge in [-0.3, -0.25) is 10.1 Å². The van der Waals surface area contributed by atoms with Gasteiger partial charge in [-0.2, -0.15) is 0 Å². The fraction of sp³-hybridized carbons (Fsp3) is 0.571. The number of hydrogen-bond donors (Lipinski definition) is 1. The number of ether oxygens (including phenoxy) is 1. The number of nitrogens with zero attached hydrogens (tertiary/aromatic N) is 2. The normalized spacial score (nSPS) is 22.2. The minimum absolute atomic E-state index is 0.0125. The number of methoxy groups -OCH3 is 1. The van der Waals surface area contributed by atoms with Crippen LogP contribution in [0.25, 0.3) is 0 Å². The summed E-state index contributed by atoms with van der Waals surface area (Å²) in [5.41, 5.74) is 5.92. The summed E-state index contributed by atoms with van der Waals surface area (Å²) in [7, 11) is 1.34. The molecular formula is C14H20FN3O3. The molecule has 1 fully saturated rings. The van der Waals surface area contributed by atoms with Crippen LogP contribution in [-0.2, 0) is 0 Å². The first-order valence-electron chi connectivity index (χ1n) is 6.94. The first kappa shape index (κ1) is 15.5. The summed E-state index contributed by atoms with van der Waals surface area (Å²) >= 11 is 0. The molecule has 1 aliphatic rings. The molecule has 0 radical (unpaired) electrons. The van der Waals surface area contributed by atoms with Crippen molar-refractivity contribution in [2.45, 2.75) is 13.3 Å². The molecule has 1 aromatic rings. The summed E-state index contributed by atoms with van der Waals surface area (Å²) in [6, 6.07) is 2.32. The molecule has 7 heteroatoms. The van der Waals surface area contributed by atoms with Crippen molar-refractivity contribution in [3.05, 3.63) is 28.1 Å². The zero-order chi connectivity index (χ0) is 15.6. The summed E-state index contributed by atoms with van der Waals surface area (Å²) in [4.78, 5) is 12.5. The number of nitrogens with two attached hydrogens (primary N) is 1. The van der Waals surface area contributed by atoms with E-state index in [2.05, 4.69) is 6.92 Å². The van der Waals surface area contributed by atoms with Crippen molar-refractivity contribution in [2.24, 2.45) is 17.6 Å². The van der Waals surface area contributed by atoms with Gasteiger partial charge in [0, 0.05) is 19.2 Å². The van der Waals surface area contributed by atoms with Crippen LogP contribution in [0, 0.1) is 27.8 Å². The molecule has 2 N–H and O–H groups in total. The zero-order valence-electron chi connectivity index (χ0n) is 12.2. The molecule has 1 aliphatic heterocycles. The van der Waals surface area contributed by atoms with E-state index in [1.165, 1.54) is 13.2 Å². The van der Waals surface area contributed by atoms with Crippen molar-refractivity contribution in [3.8, 4) is 5.75 Å². The van der Waals surface area contributed by atoms with E-state index < -0.39 is 10.7 Å². The van der Waals surface area contributed by atoms with Crippen molar-refractivity contribution in [1.82, 2.24) is 0 Å². The van der Waals surface area contributed by atoms with E-state index in [1.807, 2.05) is 4.90 Å². The van der Waals surface area contributed by atoms with Crippen molar-refractivity contribution < 1.29 is 14.1 Å². The van der Waals surface area contributed by atoms with Crippen molar-refractivity contribution in [1.29, 1.82) is 0 Å². The van der Waals surface area contributed by atoms with Crippen molar-refractivity contribution >= 4 is 11.4 Å². The summed E-state index contributed by atoms with van der Waals surface area (Å²) < 4.78 is 18.6. The molecule has 6 nitrogen and oxygen atoms in total. The fourth-order valence-corrected chi connectivity index (χ4v) is 2.76. The maximum atomic E-state index is 13.7. The highest BCUT2D eigenvalue weighted by Crippen LogP contribution is 2.37. The molecule has 0 amide bonds. The zero-order valence-corrected chi connectivity index (χ0v) is 12.2. The van der Waals surface area contributed by atoms with Gasteiger partial charge in [-0.25, -0.2) is 4.39 Å². The molecule has 0 saturated carbocycles. The molecule has 0 aliphatic carbocycles. The Kier molecular flexibility index (Phi) is 4.62. The Morgan fingerprint density at radius 2 is 2.29 bits per heavy atom. The predicted molar refractivity (Wildman–Crippen MR) is 78.1 cm³/mol. The fourth-order valence-electron chi connectivity index (χ4n) is 2.76. The van der Waals surface area contributed by atoms with E-state index in [1.54, 1.807) is 0 Å². The van der Waals surface area contributed by atoms with E-state index in [-0.39, 0.29) is 17.4 Å². The second kappa shape index (κ2) is 6.26. The van der Waals surface area contributed by atoms with E-state index >= 15 is 0 Å². The highest BCUT2D eigenvalue weighted by molar-refractivity contribution is 5.66. The molecule has 0 aromatic heterocycles. The van der Waals surface area contributed by atoms with Gasteiger partial charge in [-0.05, 0) is 24.8 Å². The molecular weight excluding hydrogens is 277 g/mol. The van der Waals surface area contributed by atoms with Crippen LogP contribution in [0.4, 0.5) is 15.8 Å². The number of piperidine rings is 1. The van der Waals surface area contributed by atoms with Gasteiger partial charge in [0.15, 0.2) is 11.6 Å². The Balaban J connectivity index is 2.39. The van der Waals surface area contributed by atoms with Crippen LogP contribution in [0.3, 0.4) is 0 Å². The maximum Gasteiger partial charge on any atom is 0.295 e. The third-order valence-electron chi connectivity index (χ3n) is 4.20. The van der Waals surface area contributed by atoms with Crippen molar-refractivity contribution in [3.63, 3.8) is 0 Å². The van der Waals surface area contributed by atoms with Gasteiger partial charge in [0.1, 0.15) is 5.69 Å². The van der Waals surface area contributed by atoms with E-state index in [0.717, 1.165) is 12.5 Å². The Morgan fingerprint density at radius 3 is 2.86 bits per heavy atom. The molecule has 2 atom stereocenters. The Morgan fingerprint density at radius 1 is 1.57 bits per heavy atom. The summed E-state index contributed by atoms with van der Waals surface area (Å²) in [5, 5.41) is 11.2. The predicted octanol–water partition coefficient (Wildman–Crippen LogP) is 2.16. The Hall–Kier alpha value is -1.89. The van der Waals surface area contributed by atoms with Crippen LogP contribution in [0.5, 0.6) is 5.75 Å². The smallest absolute Gasteiger partial charge is 0.295 e. The molecule has 21 heavy (non-hydrogen) atoms. The first-order chi connectivity index (χ1) is 9.97. The maximum absolute atomic E-state index is 13.7. The molecule has 0 spiro atoms. The van der Waals surface area contributed by atoms with Crippen LogP contribution in [0.15, 0.2) is 12.1 Å². The number of nitro benzene ring substituents is 1. The number of anilines is 1. The summed E-state index contributed by atoms with van der Waals surface area (Å²) in [6.07, 6.45) is 0.902. The lowest BCUT2D eigenvalue weighted by Crippen LogP contribution is -2.42. The first-order valence-corrected chi connectivity index (χ1v) is 6.94. The monoisotopic (exact) mass is 297 g/mol. The second-order valence-electron chi connectivity index (χ2n) is 5.44. The Labute approximate surface area is 122 Å². The van der Waals surface area contributed by atoms with Gasteiger partial charge in [0.25, 0.3) is 5.69 Å². The quantitative estimate of drug-likeness (QED) is 0.680. The average molecular weight is 297 g/mol. The minimum Gasteiger partial charge on any atom is -0.494 e. The Bertz CT molecular complexity index is 538. The molecule has 2 rings (SSSR count). The summed E-state index contributed by atoms with van der Waals surface area (Å²) in [6.45, 7) is 3.99. The highest BCUT2D eigenvalue weighted by Gasteiger charge is 2.30. The van der Waals surface area contributed by atoms with Gasteiger partial charge < -0.3 is 15.4 Å². The lowest BCUT2D eigenvalue weighted by atomic mass is 9.87. The number of benzene rings is 1. The average Bonchev–Trinajstić information content (AvgIpc) is 2.47. The van der Waals surface area contributed by atoms with Crippen molar-refractivity contribution in [2.75, 3.05) is 31.6 Å². The molecule has 2 unspecified atom stereocenters. The van der Waals surface area contributed by atoms with E-state index in [4.69, 9.17) is 10.5 Å². The standard InChI is InChI=1S/C14H20FN3O3/c1-9-3-4-17(8-10(9)7-16)12-6-14(21-2)11(15)5-13(12)18(19)20/h5-6,9-10H,3-4,7-8,16H2,1-2H3. The van der Waals surface area contributed by atoms with E-state index in [0.29, 0.717) is 31.2 Å². The van der Waals surface area contributed by atoms with E-state index in [9.17, 15) is 14.5 Å². The largest absolute Gasteiger partial charge is 0.494 e. The van der Waals surface area contributed by atoms with Gasteiger partial charge in [0.2, 0.25) is 0 Å².